The first-order chi connectivity index (χ1) is 17.3. The van der Waals surface area contributed by atoms with Gasteiger partial charge in [-0.15, -0.1) is 0 Å². The molecule has 2 aromatic rings. The van der Waals surface area contributed by atoms with Crippen LogP contribution in [0.25, 0.3) is 0 Å². The van der Waals surface area contributed by atoms with Gasteiger partial charge in [-0.1, -0.05) is 24.4 Å². The molecule has 1 saturated heterocycles. The van der Waals surface area contributed by atoms with Crippen molar-refractivity contribution in [1.29, 1.82) is 0 Å². The summed E-state index contributed by atoms with van der Waals surface area (Å²) in [5.74, 6) is -0.439. The van der Waals surface area contributed by atoms with Crippen molar-refractivity contribution in [2.45, 2.75) is 43.7 Å². The molecule has 0 radical (unpaired) electrons. The average Bonchev–Trinajstić information content (AvgIpc) is 3.69. The molecule has 190 valence electrons. The van der Waals surface area contributed by atoms with Gasteiger partial charge in [0.25, 0.3) is 5.91 Å². The third-order valence-corrected chi connectivity index (χ3v) is 7.28. The number of hydrogen-bond acceptors (Lipinski definition) is 6. The fraction of sp³-hybridized carbons (Fsp3) is 0.440. The van der Waals surface area contributed by atoms with Gasteiger partial charge in [0.05, 0.1) is 22.8 Å². The third kappa shape index (κ3) is 4.69. The second-order valence-electron chi connectivity index (χ2n) is 9.54. The lowest BCUT2D eigenvalue weighted by atomic mass is 9.82. The largest absolute Gasteiger partial charge is 0.436 e. The highest BCUT2D eigenvalue weighted by molar-refractivity contribution is 6.31. The Hall–Kier alpha value is -3.40. The highest BCUT2D eigenvalue weighted by Crippen LogP contribution is 2.45. The van der Waals surface area contributed by atoms with Gasteiger partial charge in [0.15, 0.2) is 11.4 Å². The number of amides is 3. The van der Waals surface area contributed by atoms with Crippen LogP contribution in [0.15, 0.2) is 30.5 Å². The number of aromatic nitrogens is 1. The number of anilines is 2. The van der Waals surface area contributed by atoms with Gasteiger partial charge in [-0.25, -0.2) is 14.2 Å². The van der Waals surface area contributed by atoms with E-state index in [0.29, 0.717) is 43.1 Å². The molecule has 1 aromatic heterocycles. The summed E-state index contributed by atoms with van der Waals surface area (Å²) in [7, 11) is 1.71. The lowest BCUT2D eigenvalue weighted by Crippen LogP contribution is -2.57. The first-order valence-electron chi connectivity index (χ1n) is 12.0. The van der Waals surface area contributed by atoms with E-state index in [1.165, 1.54) is 18.3 Å². The molecule has 2 fully saturated rings. The molecular formula is C25H27ClFN5O4. The van der Waals surface area contributed by atoms with Gasteiger partial charge in [0, 0.05) is 25.4 Å². The molecule has 1 aromatic carbocycles. The van der Waals surface area contributed by atoms with Crippen molar-refractivity contribution in [1.82, 2.24) is 15.2 Å². The molecular weight excluding hydrogens is 489 g/mol. The Morgan fingerprint density at radius 2 is 2.17 bits per heavy atom. The van der Waals surface area contributed by atoms with Crippen LogP contribution in [-0.4, -0.2) is 54.0 Å². The minimum absolute atomic E-state index is 0.0281. The molecule has 36 heavy (non-hydrogen) atoms. The van der Waals surface area contributed by atoms with Crippen molar-refractivity contribution >= 4 is 41.0 Å². The van der Waals surface area contributed by atoms with Gasteiger partial charge in [-0.05, 0) is 49.4 Å². The summed E-state index contributed by atoms with van der Waals surface area (Å²) in [6.07, 6.45) is 4.17. The summed E-state index contributed by atoms with van der Waals surface area (Å²) in [4.78, 5) is 44.8. The zero-order valence-corrected chi connectivity index (χ0v) is 20.5. The van der Waals surface area contributed by atoms with E-state index < -0.39 is 23.6 Å². The fourth-order valence-electron chi connectivity index (χ4n) is 5.04. The van der Waals surface area contributed by atoms with Crippen LogP contribution in [0.1, 0.15) is 48.0 Å². The molecule has 11 heteroatoms. The van der Waals surface area contributed by atoms with Gasteiger partial charge < -0.3 is 20.3 Å². The van der Waals surface area contributed by atoms with Gasteiger partial charge >= 0.3 is 6.09 Å². The summed E-state index contributed by atoms with van der Waals surface area (Å²) in [6.45, 7) is 0.374. The van der Waals surface area contributed by atoms with Crippen LogP contribution in [0.2, 0.25) is 5.02 Å². The summed E-state index contributed by atoms with van der Waals surface area (Å²) in [5, 5.41) is 8.22. The van der Waals surface area contributed by atoms with E-state index in [9.17, 15) is 14.4 Å². The third-order valence-electron chi connectivity index (χ3n) is 6.99. The Bertz CT molecular complexity index is 1220. The fourth-order valence-corrected chi connectivity index (χ4v) is 5.20. The first-order valence-corrected chi connectivity index (χ1v) is 12.4. The van der Waals surface area contributed by atoms with Crippen molar-refractivity contribution in [3.05, 3.63) is 52.4 Å². The maximum atomic E-state index is 15.2. The van der Waals surface area contributed by atoms with Crippen LogP contribution in [0, 0.1) is 11.7 Å². The second-order valence-corrected chi connectivity index (χ2v) is 9.95. The standard InChI is InChI=1S/C25H27ClFN5O4/c1-28-19-12-15(7-9-29-19)22(33)30-18(11-14-3-4-14)23(34)32-10-2-8-25(13-32)20-17(31-24(35)36-25)6-5-16(26)21(20)27/h5-7,9,12,14,18H,2-4,8,10-11,13H2,1H3,(H,28,29)(H,30,33)(H,31,35)/t18-,25-/m0/s1. The lowest BCUT2D eigenvalue weighted by Gasteiger charge is -2.45. The highest BCUT2D eigenvalue weighted by atomic mass is 35.5. The van der Waals surface area contributed by atoms with E-state index >= 15 is 4.39 Å². The molecule has 0 bridgehead atoms. The number of benzene rings is 1. The number of carbonyl (C=O) groups excluding carboxylic acids is 3. The number of nitrogens with zero attached hydrogens (tertiary/aromatic N) is 2. The average molecular weight is 516 g/mol. The molecule has 5 rings (SSSR count). The summed E-state index contributed by atoms with van der Waals surface area (Å²) in [6, 6.07) is 5.35. The number of halogens is 2. The van der Waals surface area contributed by atoms with Gasteiger partial charge in [0.1, 0.15) is 11.9 Å². The zero-order chi connectivity index (χ0) is 25.4. The van der Waals surface area contributed by atoms with Crippen LogP contribution >= 0.6 is 11.6 Å². The number of hydrogen-bond donors (Lipinski definition) is 3. The molecule has 1 aliphatic carbocycles. The van der Waals surface area contributed by atoms with Crippen LogP contribution in [0.5, 0.6) is 0 Å². The summed E-state index contributed by atoms with van der Waals surface area (Å²) in [5.41, 5.74) is -0.549. The van der Waals surface area contributed by atoms with Gasteiger partial charge in [-0.2, -0.15) is 0 Å². The molecule has 1 saturated carbocycles. The molecule has 3 aliphatic rings. The quantitative estimate of drug-likeness (QED) is 0.538. The number of carbonyl (C=O) groups is 3. The van der Waals surface area contributed by atoms with Crippen LogP contribution in [0.3, 0.4) is 0 Å². The Morgan fingerprint density at radius 3 is 2.92 bits per heavy atom. The maximum absolute atomic E-state index is 15.2. The van der Waals surface area contributed by atoms with Crippen molar-refractivity contribution in [3.63, 3.8) is 0 Å². The molecule has 1 spiro atoms. The molecule has 3 heterocycles. The molecule has 2 atom stereocenters. The second kappa shape index (κ2) is 9.57. The van der Waals surface area contributed by atoms with Crippen molar-refractivity contribution < 1.29 is 23.5 Å². The maximum Gasteiger partial charge on any atom is 0.412 e. The SMILES string of the molecule is CNc1cc(C(=O)N[C@@H](CC2CC2)C(=O)N2CCC[C@@]3(C2)OC(=O)Nc2ccc(Cl)c(F)c23)ccn1. The smallest absolute Gasteiger partial charge is 0.412 e. The molecule has 2 aliphatic heterocycles. The van der Waals surface area contributed by atoms with Crippen LogP contribution in [0.4, 0.5) is 20.7 Å². The zero-order valence-electron chi connectivity index (χ0n) is 19.8. The Labute approximate surface area is 212 Å². The van der Waals surface area contributed by atoms with Crippen molar-refractivity contribution in [2.75, 3.05) is 30.8 Å². The molecule has 3 N–H and O–H groups in total. The van der Waals surface area contributed by atoms with Crippen molar-refractivity contribution in [3.8, 4) is 0 Å². The molecule has 9 nitrogen and oxygen atoms in total. The minimum atomic E-state index is -1.36. The number of rotatable bonds is 6. The topological polar surface area (TPSA) is 113 Å². The number of ether oxygens (including phenoxy) is 1. The monoisotopic (exact) mass is 515 g/mol. The summed E-state index contributed by atoms with van der Waals surface area (Å²) < 4.78 is 20.9. The van der Waals surface area contributed by atoms with E-state index in [2.05, 4.69) is 20.9 Å². The minimum Gasteiger partial charge on any atom is -0.436 e. The predicted octanol–water partition coefficient (Wildman–Crippen LogP) is 3.89. The predicted molar refractivity (Wildman–Crippen MR) is 131 cm³/mol. The lowest BCUT2D eigenvalue weighted by molar-refractivity contribution is -0.141. The molecule has 0 unspecified atom stereocenters. The number of piperidine rings is 1. The van der Waals surface area contributed by atoms with E-state index in [1.807, 2.05) is 0 Å². The van der Waals surface area contributed by atoms with E-state index in [4.69, 9.17) is 16.3 Å². The van der Waals surface area contributed by atoms with E-state index in [0.717, 1.165) is 12.8 Å². The normalized spacial score (nSPS) is 21.8. The Kier molecular flexibility index (Phi) is 6.46. The number of likely N-dealkylation sites (tertiary alicyclic amines) is 1. The highest BCUT2D eigenvalue weighted by Gasteiger charge is 2.49. The van der Waals surface area contributed by atoms with Crippen molar-refractivity contribution in [2.24, 2.45) is 5.92 Å². The summed E-state index contributed by atoms with van der Waals surface area (Å²) >= 11 is 6.05. The first kappa shape index (κ1) is 24.3. The van der Waals surface area contributed by atoms with Crippen LogP contribution in [-0.2, 0) is 15.1 Å². The number of pyridine rings is 1. The van der Waals surface area contributed by atoms with Crippen LogP contribution < -0.4 is 16.0 Å². The Balaban J connectivity index is 1.40. The van der Waals surface area contributed by atoms with Gasteiger partial charge in [0.2, 0.25) is 5.91 Å². The number of nitrogens with one attached hydrogen (secondary N) is 3. The van der Waals surface area contributed by atoms with E-state index in [1.54, 1.807) is 24.1 Å². The number of fused-ring (bicyclic) bond motifs is 2. The van der Waals surface area contributed by atoms with E-state index in [-0.39, 0.29) is 34.6 Å². The Morgan fingerprint density at radius 1 is 1.36 bits per heavy atom. The van der Waals surface area contributed by atoms with Gasteiger partial charge in [-0.3, -0.25) is 14.9 Å². The molecule has 3 amide bonds.